The number of hydrogen-bond acceptors (Lipinski definition) is 7. The van der Waals surface area contributed by atoms with E-state index in [0.717, 1.165) is 6.42 Å². The van der Waals surface area contributed by atoms with E-state index in [1.165, 1.54) is 27.6 Å². The fourth-order valence-corrected chi connectivity index (χ4v) is 5.41. The Hall–Kier alpha value is -4.70. The lowest BCUT2D eigenvalue weighted by molar-refractivity contribution is -0.146. The van der Waals surface area contributed by atoms with E-state index in [2.05, 4.69) is 60.8 Å². The Kier molecular flexibility index (Phi) is 9.27. The van der Waals surface area contributed by atoms with Gasteiger partial charge in [-0.05, 0) is 74.3 Å². The van der Waals surface area contributed by atoms with Crippen LogP contribution >= 0.6 is 0 Å². The van der Waals surface area contributed by atoms with Crippen molar-refractivity contribution in [3.63, 3.8) is 0 Å². The molecule has 3 aromatic rings. The number of methoxy groups -OCH3 is 1. The second-order valence-corrected chi connectivity index (χ2v) is 10.5. The number of Topliss-reactive ketones (excluding diaryl/α,β-unsaturated/α-hetero) is 1. The first-order valence-electron chi connectivity index (χ1n) is 13.5. The predicted molar refractivity (Wildman–Crippen MR) is 157 cm³/mol. The average Bonchev–Trinajstić information content (AvgIpc) is 3.35. The molecule has 2 atom stereocenters. The maximum Gasteiger partial charge on any atom is 0.328 e. The summed E-state index contributed by atoms with van der Waals surface area (Å²) in [6, 6.07) is 13.8. The number of likely N-dealkylation sites (N-methyl/N-ethyl adjacent to an activating group) is 1. The van der Waals surface area contributed by atoms with Gasteiger partial charge in [-0.3, -0.25) is 14.5 Å². The molecule has 2 heterocycles. The molecular weight excluding hydrogens is 540 g/mol. The van der Waals surface area contributed by atoms with E-state index in [4.69, 9.17) is 19.7 Å². The van der Waals surface area contributed by atoms with Crippen LogP contribution in [0.15, 0.2) is 66.9 Å². The molecule has 0 amide bonds. The van der Waals surface area contributed by atoms with Crippen molar-refractivity contribution in [2.75, 3.05) is 27.3 Å². The average molecular weight is 575 g/mol. The van der Waals surface area contributed by atoms with Crippen molar-refractivity contribution >= 4 is 40.2 Å². The molecule has 0 saturated carbocycles. The molecule has 5 rings (SSSR count). The zero-order chi connectivity index (χ0) is 30.6. The number of carboxylic acid groups (broad SMARTS) is 2. The second kappa shape index (κ2) is 12.9. The van der Waals surface area contributed by atoms with Crippen molar-refractivity contribution in [3.05, 3.63) is 83.6 Å². The molecule has 2 N–H and O–H groups in total. The molecule has 0 unspecified atom stereocenters. The Bertz CT molecular complexity index is 1550. The molecular formula is C32H34N2O8. The van der Waals surface area contributed by atoms with Crippen molar-refractivity contribution in [2.45, 2.75) is 32.4 Å². The number of fused-ring (bicyclic) bond motifs is 2. The van der Waals surface area contributed by atoms with Crippen molar-refractivity contribution in [2.24, 2.45) is 5.92 Å². The van der Waals surface area contributed by atoms with Crippen molar-refractivity contribution in [1.29, 1.82) is 0 Å². The number of aliphatic carboxylic acids is 2. The van der Waals surface area contributed by atoms with Crippen LogP contribution in [-0.4, -0.2) is 76.7 Å². The number of benzene rings is 2. The summed E-state index contributed by atoms with van der Waals surface area (Å²) in [7, 11) is 3.64. The van der Waals surface area contributed by atoms with Crippen LogP contribution in [0.25, 0.3) is 16.5 Å². The van der Waals surface area contributed by atoms with E-state index in [1.54, 1.807) is 31.4 Å². The maximum absolute atomic E-state index is 13.0. The smallest absolute Gasteiger partial charge is 0.328 e. The van der Waals surface area contributed by atoms with Gasteiger partial charge in [0.25, 0.3) is 0 Å². The molecule has 2 aromatic carbocycles. The van der Waals surface area contributed by atoms with Crippen LogP contribution in [0.4, 0.5) is 0 Å². The summed E-state index contributed by atoms with van der Waals surface area (Å²) < 4.78 is 12.9. The quantitative estimate of drug-likeness (QED) is 0.230. The van der Waals surface area contributed by atoms with Gasteiger partial charge in [-0.25, -0.2) is 9.59 Å². The van der Waals surface area contributed by atoms with Crippen molar-refractivity contribution < 1.29 is 38.9 Å². The Balaban J connectivity index is 0.000000446. The number of carbonyl (C=O) groups is 4. The van der Waals surface area contributed by atoms with E-state index < -0.39 is 17.9 Å². The fourth-order valence-electron chi connectivity index (χ4n) is 5.41. The standard InChI is InChI=1S/C28H30N2O4.C4H4O4/c1-17(2)30-15-19-13-25-23(22-6-5-7-24(30)27(19)22)12-20(14-29(25)3)28(32)34-16-26(31)18-8-10-21(33-4)11-9-18;5-3(6)1-2-4(7)8/h5-12,15,17,20,25H,13-14,16H2,1-4H3;1-2H,(H,5,6)(H,7,8)/b;2-1-/t20-,25-;/m1./s1. The van der Waals surface area contributed by atoms with Gasteiger partial charge in [0.2, 0.25) is 0 Å². The number of rotatable bonds is 8. The SMILES string of the molecule is COc1ccc(C(=O)COC(=O)[C@@H]2C=C3c4cccc5c4c(cn5C(C)C)C[C@H]3N(C)C2)cc1.O=C(O)/C=C\C(=O)O. The van der Waals surface area contributed by atoms with Crippen LogP contribution in [0.5, 0.6) is 5.75 Å². The Morgan fingerprint density at radius 1 is 1.02 bits per heavy atom. The number of ether oxygens (including phenoxy) is 2. The first-order valence-corrected chi connectivity index (χ1v) is 13.5. The Morgan fingerprint density at radius 2 is 1.69 bits per heavy atom. The molecule has 2 aliphatic rings. The van der Waals surface area contributed by atoms with Crippen molar-refractivity contribution in [3.8, 4) is 5.75 Å². The topological polar surface area (TPSA) is 135 Å². The summed E-state index contributed by atoms with van der Waals surface area (Å²) in [6.07, 6.45) is 6.39. The van der Waals surface area contributed by atoms with E-state index in [9.17, 15) is 19.2 Å². The molecule has 42 heavy (non-hydrogen) atoms. The lowest BCUT2D eigenvalue weighted by Gasteiger charge is -2.39. The zero-order valence-corrected chi connectivity index (χ0v) is 23.9. The largest absolute Gasteiger partial charge is 0.497 e. The molecule has 0 fully saturated rings. The molecule has 1 aliphatic heterocycles. The van der Waals surface area contributed by atoms with Gasteiger partial charge >= 0.3 is 17.9 Å². The molecule has 220 valence electrons. The first-order chi connectivity index (χ1) is 20.0. The molecule has 0 radical (unpaired) electrons. The number of hydrogen-bond donors (Lipinski definition) is 2. The van der Waals surface area contributed by atoms with Gasteiger partial charge in [0.15, 0.2) is 12.4 Å². The molecule has 0 spiro atoms. The third-order valence-electron chi connectivity index (χ3n) is 7.40. The van der Waals surface area contributed by atoms with Crippen LogP contribution < -0.4 is 4.74 Å². The highest BCUT2D eigenvalue weighted by atomic mass is 16.5. The zero-order valence-electron chi connectivity index (χ0n) is 23.9. The summed E-state index contributed by atoms with van der Waals surface area (Å²) in [5, 5.41) is 16.9. The van der Waals surface area contributed by atoms with Gasteiger partial charge in [0.1, 0.15) is 5.75 Å². The van der Waals surface area contributed by atoms with Crippen LogP contribution in [0, 0.1) is 5.92 Å². The second-order valence-electron chi connectivity index (χ2n) is 10.5. The van der Waals surface area contributed by atoms with Gasteiger partial charge < -0.3 is 24.3 Å². The van der Waals surface area contributed by atoms with E-state index in [0.29, 0.717) is 36.1 Å². The minimum atomic E-state index is -1.26. The molecule has 1 aromatic heterocycles. The summed E-state index contributed by atoms with van der Waals surface area (Å²) in [5.74, 6) is -2.84. The van der Waals surface area contributed by atoms with Crippen LogP contribution in [-0.2, 0) is 25.5 Å². The summed E-state index contributed by atoms with van der Waals surface area (Å²) in [5.41, 5.74) is 5.46. The van der Waals surface area contributed by atoms with Crippen LogP contribution in [0.2, 0.25) is 0 Å². The van der Waals surface area contributed by atoms with Crippen LogP contribution in [0.1, 0.15) is 41.4 Å². The van der Waals surface area contributed by atoms with Gasteiger partial charge in [-0.15, -0.1) is 0 Å². The lowest BCUT2D eigenvalue weighted by atomic mass is 9.80. The number of esters is 1. The van der Waals surface area contributed by atoms with Gasteiger partial charge in [0.05, 0.1) is 13.0 Å². The number of nitrogens with zero attached hydrogens (tertiary/aromatic N) is 2. The third kappa shape index (κ3) is 6.60. The van der Waals surface area contributed by atoms with Gasteiger partial charge in [-0.2, -0.15) is 0 Å². The highest BCUT2D eigenvalue weighted by Gasteiger charge is 2.36. The summed E-state index contributed by atoms with van der Waals surface area (Å²) >= 11 is 0. The number of aromatic nitrogens is 1. The molecule has 10 heteroatoms. The molecule has 0 bridgehead atoms. The minimum Gasteiger partial charge on any atom is -0.497 e. The maximum atomic E-state index is 13.0. The number of carboxylic acids is 2. The molecule has 1 aliphatic carbocycles. The highest BCUT2D eigenvalue weighted by Crippen LogP contribution is 2.42. The predicted octanol–water partition coefficient (Wildman–Crippen LogP) is 4.24. The first kappa shape index (κ1) is 30.3. The van der Waals surface area contributed by atoms with E-state index >= 15 is 0 Å². The van der Waals surface area contributed by atoms with Gasteiger partial charge in [0, 0.05) is 53.4 Å². The Morgan fingerprint density at radius 3 is 2.29 bits per heavy atom. The molecule has 10 nitrogen and oxygen atoms in total. The van der Waals surface area contributed by atoms with Gasteiger partial charge in [-0.1, -0.05) is 18.2 Å². The monoisotopic (exact) mass is 574 g/mol. The number of carbonyl (C=O) groups excluding carboxylic acids is 2. The fraction of sp³-hybridized carbons (Fsp3) is 0.312. The Labute approximate surface area is 243 Å². The van der Waals surface area contributed by atoms with Crippen molar-refractivity contribution in [1.82, 2.24) is 9.47 Å². The third-order valence-corrected chi connectivity index (χ3v) is 7.40. The van der Waals surface area contributed by atoms with Crippen LogP contribution in [0.3, 0.4) is 0 Å². The number of ketones is 1. The summed E-state index contributed by atoms with van der Waals surface area (Å²) in [4.78, 5) is 46.8. The van der Waals surface area contributed by atoms with E-state index in [1.807, 2.05) is 0 Å². The molecule has 0 saturated heterocycles. The normalized spacial score (nSPS) is 17.7. The highest BCUT2D eigenvalue weighted by molar-refractivity contribution is 6.00. The summed E-state index contributed by atoms with van der Waals surface area (Å²) in [6.45, 7) is 4.70. The lowest BCUT2D eigenvalue weighted by Crippen LogP contribution is -2.44. The minimum absolute atomic E-state index is 0.228. The van der Waals surface area contributed by atoms with E-state index in [-0.39, 0.29) is 24.4 Å².